The highest BCUT2D eigenvalue weighted by Crippen LogP contribution is 2.28. The van der Waals surface area contributed by atoms with Crippen LogP contribution in [0.4, 0.5) is 0 Å². The number of benzene rings is 1. The normalized spacial score (nSPS) is 10.4. The van der Waals surface area contributed by atoms with Gasteiger partial charge in [-0.05, 0) is 18.2 Å². The molecule has 0 bridgehead atoms. The van der Waals surface area contributed by atoms with Crippen LogP contribution < -0.4 is 16.0 Å². The third-order valence-electron chi connectivity index (χ3n) is 2.52. The molecule has 0 amide bonds. The van der Waals surface area contributed by atoms with E-state index in [9.17, 15) is 14.8 Å². The Morgan fingerprint density at radius 1 is 1.26 bits per heavy atom. The van der Waals surface area contributed by atoms with Gasteiger partial charge in [0.25, 0.3) is 5.56 Å². The molecule has 0 unspecified atom stereocenters. The van der Waals surface area contributed by atoms with Gasteiger partial charge in [0, 0.05) is 18.0 Å². The maximum Gasteiger partial charge on any atom is 0.365 e. The highest BCUT2D eigenvalue weighted by molar-refractivity contribution is 7.99. The molecule has 1 N–H and O–H groups in total. The Kier molecular flexibility index (Phi) is 3.66. The molecule has 0 saturated heterocycles. The average molecular weight is 280 g/mol. The summed E-state index contributed by atoms with van der Waals surface area (Å²) < 4.78 is 6.38. The molecule has 6 nitrogen and oxygen atoms in total. The third-order valence-corrected chi connectivity index (χ3v) is 3.61. The van der Waals surface area contributed by atoms with E-state index in [4.69, 9.17) is 4.74 Å². The fourth-order valence-electron chi connectivity index (χ4n) is 1.48. The molecule has 19 heavy (non-hydrogen) atoms. The summed E-state index contributed by atoms with van der Waals surface area (Å²) in [4.78, 5) is 23.8. The van der Waals surface area contributed by atoms with Crippen LogP contribution in [0.25, 0.3) is 0 Å². The Labute approximate surface area is 112 Å². The second-order valence-corrected chi connectivity index (χ2v) is 4.85. The van der Waals surface area contributed by atoms with E-state index in [0.717, 1.165) is 4.90 Å². The minimum atomic E-state index is -0.780. The standard InChI is InChI=1S/C12H12N2O4S/c1-13-11(7-10(15)14(17)12(13)16)19-9-5-3-4-8(6-9)18-2/h3-7,17H,1-2H3. The predicted octanol–water partition coefficient (Wildman–Crippen LogP) is 0.944. The highest BCUT2D eigenvalue weighted by atomic mass is 32.2. The quantitative estimate of drug-likeness (QED) is 0.669. The second-order valence-electron chi connectivity index (χ2n) is 3.76. The van der Waals surface area contributed by atoms with Crippen molar-refractivity contribution in [2.24, 2.45) is 7.05 Å². The van der Waals surface area contributed by atoms with Crippen molar-refractivity contribution in [2.45, 2.75) is 9.92 Å². The molecule has 0 aliphatic carbocycles. The average Bonchev–Trinajstić information content (AvgIpc) is 2.42. The van der Waals surface area contributed by atoms with Crippen molar-refractivity contribution in [2.75, 3.05) is 7.11 Å². The Morgan fingerprint density at radius 2 is 2.00 bits per heavy atom. The summed E-state index contributed by atoms with van der Waals surface area (Å²) in [7, 11) is 3.05. The van der Waals surface area contributed by atoms with Gasteiger partial charge in [0.2, 0.25) is 0 Å². The van der Waals surface area contributed by atoms with Crippen LogP contribution in [0.2, 0.25) is 0 Å². The van der Waals surface area contributed by atoms with E-state index in [2.05, 4.69) is 0 Å². The first kappa shape index (κ1) is 13.3. The van der Waals surface area contributed by atoms with Gasteiger partial charge in [0.15, 0.2) is 0 Å². The maximum absolute atomic E-state index is 11.6. The summed E-state index contributed by atoms with van der Waals surface area (Å²) in [5.74, 6) is 0.686. The van der Waals surface area contributed by atoms with E-state index in [1.165, 1.54) is 29.4 Å². The van der Waals surface area contributed by atoms with Gasteiger partial charge in [-0.1, -0.05) is 22.6 Å². The van der Waals surface area contributed by atoms with Gasteiger partial charge < -0.3 is 9.94 Å². The Morgan fingerprint density at radius 3 is 2.68 bits per heavy atom. The first-order chi connectivity index (χ1) is 9.02. The minimum Gasteiger partial charge on any atom is -0.497 e. The fraction of sp³-hybridized carbons (Fsp3) is 0.167. The van der Waals surface area contributed by atoms with Gasteiger partial charge in [0.1, 0.15) is 5.75 Å². The van der Waals surface area contributed by atoms with Crippen molar-refractivity contribution in [3.63, 3.8) is 0 Å². The number of nitrogens with zero attached hydrogens (tertiary/aromatic N) is 2. The monoisotopic (exact) mass is 280 g/mol. The molecule has 0 spiro atoms. The zero-order valence-corrected chi connectivity index (χ0v) is 11.2. The minimum absolute atomic E-state index is 0.0790. The van der Waals surface area contributed by atoms with Gasteiger partial charge in [-0.25, -0.2) is 4.79 Å². The van der Waals surface area contributed by atoms with E-state index >= 15 is 0 Å². The lowest BCUT2D eigenvalue weighted by molar-refractivity contribution is 0.153. The summed E-state index contributed by atoms with van der Waals surface area (Å²) in [6.07, 6.45) is 0. The van der Waals surface area contributed by atoms with E-state index in [1.807, 2.05) is 12.1 Å². The van der Waals surface area contributed by atoms with Crippen LogP contribution in [-0.4, -0.2) is 21.6 Å². The molecule has 0 atom stereocenters. The van der Waals surface area contributed by atoms with Gasteiger partial charge in [0.05, 0.1) is 12.1 Å². The van der Waals surface area contributed by atoms with Crippen molar-refractivity contribution in [3.8, 4) is 5.75 Å². The van der Waals surface area contributed by atoms with Crippen molar-refractivity contribution >= 4 is 11.8 Å². The SMILES string of the molecule is COc1cccc(Sc2cc(=O)n(O)c(=O)n2C)c1. The summed E-state index contributed by atoms with van der Waals surface area (Å²) in [5, 5.41) is 9.64. The number of aromatic nitrogens is 2. The first-order valence-corrected chi connectivity index (χ1v) is 6.19. The Hall–Kier alpha value is -2.15. The summed E-state index contributed by atoms with van der Waals surface area (Å²) in [5.41, 5.74) is -1.54. The van der Waals surface area contributed by atoms with Crippen LogP contribution in [0.5, 0.6) is 5.75 Å². The lowest BCUT2D eigenvalue weighted by atomic mass is 10.3. The molecule has 1 aromatic heterocycles. The molecule has 2 aromatic rings. The smallest absolute Gasteiger partial charge is 0.365 e. The molecule has 0 aliphatic rings. The van der Waals surface area contributed by atoms with Gasteiger partial charge in [-0.2, -0.15) is 0 Å². The number of ether oxygens (including phenoxy) is 1. The van der Waals surface area contributed by atoms with Crippen molar-refractivity contribution in [3.05, 3.63) is 51.2 Å². The number of rotatable bonds is 3. The van der Waals surface area contributed by atoms with E-state index in [-0.39, 0.29) is 4.73 Å². The molecular weight excluding hydrogens is 268 g/mol. The molecular formula is C12H12N2O4S. The molecule has 1 heterocycles. The van der Waals surface area contributed by atoms with Crippen molar-refractivity contribution in [1.29, 1.82) is 0 Å². The van der Waals surface area contributed by atoms with E-state index in [0.29, 0.717) is 10.8 Å². The van der Waals surface area contributed by atoms with Gasteiger partial charge in [-0.15, -0.1) is 0 Å². The molecule has 0 fully saturated rings. The largest absolute Gasteiger partial charge is 0.497 e. The number of methoxy groups -OCH3 is 1. The van der Waals surface area contributed by atoms with Gasteiger partial charge >= 0.3 is 5.69 Å². The second kappa shape index (κ2) is 5.23. The zero-order valence-electron chi connectivity index (χ0n) is 10.4. The molecule has 0 saturated carbocycles. The van der Waals surface area contributed by atoms with Gasteiger partial charge in [-0.3, -0.25) is 9.36 Å². The topological polar surface area (TPSA) is 73.5 Å². The van der Waals surface area contributed by atoms with E-state index in [1.54, 1.807) is 19.2 Å². The Bertz CT molecular complexity index is 720. The fourth-order valence-corrected chi connectivity index (χ4v) is 2.42. The zero-order chi connectivity index (χ0) is 14.0. The summed E-state index contributed by atoms with van der Waals surface area (Å²) in [6.45, 7) is 0. The molecule has 7 heteroatoms. The predicted molar refractivity (Wildman–Crippen MR) is 70.2 cm³/mol. The first-order valence-electron chi connectivity index (χ1n) is 5.37. The van der Waals surface area contributed by atoms with Crippen LogP contribution in [0.1, 0.15) is 0 Å². The maximum atomic E-state index is 11.6. The lowest BCUT2D eigenvalue weighted by Gasteiger charge is -2.08. The highest BCUT2D eigenvalue weighted by Gasteiger charge is 2.09. The van der Waals surface area contributed by atoms with Crippen LogP contribution in [0.3, 0.4) is 0 Å². The van der Waals surface area contributed by atoms with Crippen LogP contribution in [0, 0.1) is 0 Å². The van der Waals surface area contributed by atoms with Crippen molar-refractivity contribution in [1.82, 2.24) is 9.30 Å². The number of hydrogen-bond acceptors (Lipinski definition) is 5. The van der Waals surface area contributed by atoms with Crippen LogP contribution >= 0.6 is 11.8 Å². The molecule has 1 aromatic carbocycles. The molecule has 0 aliphatic heterocycles. The molecule has 0 radical (unpaired) electrons. The summed E-state index contributed by atoms with van der Waals surface area (Å²) >= 11 is 1.24. The molecule has 100 valence electrons. The van der Waals surface area contributed by atoms with Crippen molar-refractivity contribution < 1.29 is 9.94 Å². The molecule has 2 rings (SSSR count). The van der Waals surface area contributed by atoms with E-state index < -0.39 is 11.2 Å². The third kappa shape index (κ3) is 2.65. The Balaban J connectivity index is 2.44. The van der Waals surface area contributed by atoms with Crippen LogP contribution in [-0.2, 0) is 7.05 Å². The van der Waals surface area contributed by atoms with Crippen LogP contribution in [0.15, 0.2) is 49.8 Å². The summed E-state index contributed by atoms with van der Waals surface area (Å²) in [6, 6.07) is 8.44. The lowest BCUT2D eigenvalue weighted by Crippen LogP contribution is -2.37. The number of hydrogen-bond donors (Lipinski definition) is 1.